The summed E-state index contributed by atoms with van der Waals surface area (Å²) in [6.45, 7) is 7.81. The Labute approximate surface area is 252 Å². The number of aliphatic carboxylic acids is 1. The van der Waals surface area contributed by atoms with Crippen LogP contribution in [0.1, 0.15) is 27.0 Å². The van der Waals surface area contributed by atoms with Crippen LogP contribution in [0.4, 0.5) is 24.5 Å². The number of anilines is 2. The van der Waals surface area contributed by atoms with Crippen LogP contribution in [-0.4, -0.2) is 82.7 Å². The lowest BCUT2D eigenvalue weighted by atomic mass is 10.1. The smallest absolute Gasteiger partial charge is 0.478 e. The number of hydrogen-bond acceptors (Lipinski definition) is 5. The van der Waals surface area contributed by atoms with Gasteiger partial charge in [0.1, 0.15) is 0 Å². The number of rotatable bonds is 7. The van der Waals surface area contributed by atoms with Gasteiger partial charge in [0.25, 0.3) is 0 Å². The highest BCUT2D eigenvalue weighted by atomic mass is 19.4. The molecule has 3 aromatic rings. The number of alkyl halides is 3. The molecule has 0 aliphatic carbocycles. The molecule has 0 bridgehead atoms. The molecule has 1 amide bonds. The van der Waals surface area contributed by atoms with Crippen molar-refractivity contribution in [2.24, 2.45) is 4.99 Å². The Balaban J connectivity index is 0.000000676. The van der Waals surface area contributed by atoms with Crippen LogP contribution >= 0.6 is 0 Å². The molecule has 0 radical (unpaired) electrons. The van der Waals surface area contributed by atoms with Gasteiger partial charge < -0.3 is 25.7 Å². The van der Waals surface area contributed by atoms with Crippen LogP contribution in [0, 0.1) is 13.8 Å². The third kappa shape index (κ3) is 11.1. The van der Waals surface area contributed by atoms with Gasteiger partial charge in [-0.2, -0.15) is 13.2 Å². The van der Waals surface area contributed by atoms with Gasteiger partial charge in [0.05, 0.1) is 18.7 Å². The highest BCUT2D eigenvalue weighted by molar-refractivity contribution is 5.95. The molecule has 13 heteroatoms. The Morgan fingerprint density at radius 2 is 1.25 bits per heavy atom. The number of halogens is 3. The van der Waals surface area contributed by atoms with E-state index in [1.54, 1.807) is 24.3 Å². The summed E-state index contributed by atoms with van der Waals surface area (Å²) >= 11 is 0. The van der Waals surface area contributed by atoms with E-state index in [1.807, 2.05) is 31.2 Å². The Bertz CT molecular complexity index is 1440. The van der Waals surface area contributed by atoms with Crippen molar-refractivity contribution >= 4 is 35.2 Å². The van der Waals surface area contributed by atoms with E-state index < -0.39 is 18.1 Å². The number of aryl methyl sites for hydroxylation is 2. The van der Waals surface area contributed by atoms with Crippen molar-refractivity contribution < 1.29 is 37.8 Å². The zero-order valence-electron chi connectivity index (χ0n) is 24.3. The molecule has 1 aliphatic rings. The molecule has 3 aromatic carbocycles. The summed E-state index contributed by atoms with van der Waals surface area (Å²) in [5, 5.41) is 22.7. The quantitative estimate of drug-likeness (QED) is 0.219. The molecule has 44 heavy (non-hydrogen) atoms. The SMILES string of the molecule is Cc1ccc(CN=C(Nc2ccc(C(=O)O)cc2)N2CCN(CC(=O)Nc3ccc(C)cc3)CC2)cc1.O=C(O)C(F)(F)F. The molecular formula is C31H34F3N5O5. The Kier molecular flexibility index (Phi) is 11.9. The minimum absolute atomic E-state index is 0.0257. The van der Waals surface area contributed by atoms with Crippen molar-refractivity contribution in [3.8, 4) is 0 Å². The van der Waals surface area contributed by atoms with Crippen molar-refractivity contribution in [1.82, 2.24) is 9.80 Å². The highest BCUT2D eigenvalue weighted by Gasteiger charge is 2.38. The lowest BCUT2D eigenvalue weighted by molar-refractivity contribution is -0.192. The number of aromatic carboxylic acids is 1. The van der Waals surface area contributed by atoms with Gasteiger partial charge >= 0.3 is 18.1 Å². The molecule has 1 saturated heterocycles. The second-order valence-electron chi connectivity index (χ2n) is 10.1. The van der Waals surface area contributed by atoms with Gasteiger partial charge in [-0.1, -0.05) is 47.5 Å². The first-order valence-corrected chi connectivity index (χ1v) is 13.6. The topological polar surface area (TPSA) is 135 Å². The molecule has 0 aromatic heterocycles. The van der Waals surface area contributed by atoms with E-state index in [-0.39, 0.29) is 11.5 Å². The zero-order chi connectivity index (χ0) is 32.3. The lowest BCUT2D eigenvalue weighted by Gasteiger charge is -2.36. The van der Waals surface area contributed by atoms with Crippen molar-refractivity contribution in [3.63, 3.8) is 0 Å². The number of hydrogen-bond donors (Lipinski definition) is 4. The summed E-state index contributed by atoms with van der Waals surface area (Å²) in [5.41, 5.74) is 5.27. The number of carboxylic acid groups (broad SMARTS) is 2. The normalized spacial score (nSPS) is 13.8. The maximum absolute atomic E-state index is 12.5. The molecule has 4 N–H and O–H groups in total. The predicted octanol–water partition coefficient (Wildman–Crippen LogP) is 4.86. The molecule has 234 valence electrons. The number of nitrogens with zero attached hydrogens (tertiary/aromatic N) is 3. The average molecular weight is 614 g/mol. The van der Waals surface area contributed by atoms with E-state index in [4.69, 9.17) is 14.9 Å². The van der Waals surface area contributed by atoms with E-state index >= 15 is 0 Å². The van der Waals surface area contributed by atoms with Gasteiger partial charge in [0.2, 0.25) is 5.91 Å². The fourth-order valence-electron chi connectivity index (χ4n) is 4.06. The standard InChI is InChI=1S/C29H33N5O3.C2HF3O2/c1-21-3-7-23(8-4-21)19-30-29(32-26-13-9-24(10-14-26)28(36)37)34-17-15-33(16-18-34)20-27(35)31-25-11-5-22(2)6-12-25;3-2(4,5)1(6)7/h3-14H,15-20H2,1-2H3,(H,30,32)(H,31,35)(H,36,37);(H,6,7). The van der Waals surface area contributed by atoms with E-state index in [2.05, 4.69) is 51.6 Å². The number of amides is 1. The summed E-state index contributed by atoms with van der Waals surface area (Å²) in [4.78, 5) is 41.8. The van der Waals surface area contributed by atoms with Crippen LogP contribution in [0.2, 0.25) is 0 Å². The number of carbonyl (C=O) groups is 3. The second kappa shape index (κ2) is 15.5. The Morgan fingerprint density at radius 1 is 0.773 bits per heavy atom. The zero-order valence-corrected chi connectivity index (χ0v) is 24.3. The van der Waals surface area contributed by atoms with Gasteiger partial charge in [0, 0.05) is 37.6 Å². The summed E-state index contributed by atoms with van der Waals surface area (Å²) in [6.07, 6.45) is -5.08. The molecule has 0 saturated carbocycles. The number of nitrogens with one attached hydrogen (secondary N) is 2. The first kappa shape index (κ1) is 33.6. The molecule has 4 rings (SSSR count). The maximum atomic E-state index is 12.5. The van der Waals surface area contributed by atoms with Crippen molar-refractivity contribution in [1.29, 1.82) is 0 Å². The van der Waals surface area contributed by atoms with Crippen LogP contribution in [0.3, 0.4) is 0 Å². The minimum Gasteiger partial charge on any atom is -0.478 e. The second-order valence-corrected chi connectivity index (χ2v) is 10.1. The summed E-state index contributed by atoms with van der Waals surface area (Å²) in [6, 6.07) is 22.7. The molecule has 0 atom stereocenters. The van der Waals surface area contributed by atoms with Crippen molar-refractivity contribution in [2.75, 3.05) is 43.4 Å². The molecule has 1 aliphatic heterocycles. The first-order chi connectivity index (χ1) is 20.8. The largest absolute Gasteiger partial charge is 0.490 e. The van der Waals surface area contributed by atoms with Gasteiger partial charge in [-0.15, -0.1) is 0 Å². The van der Waals surface area contributed by atoms with Crippen LogP contribution in [-0.2, 0) is 16.1 Å². The predicted molar refractivity (Wildman–Crippen MR) is 161 cm³/mol. The number of guanidine groups is 1. The Hall–Kier alpha value is -4.91. The van der Waals surface area contributed by atoms with Gasteiger partial charge in [-0.3, -0.25) is 9.69 Å². The number of carboxylic acids is 2. The fraction of sp³-hybridized carbons (Fsp3) is 0.290. The van der Waals surface area contributed by atoms with Gasteiger partial charge in [0.15, 0.2) is 5.96 Å². The highest BCUT2D eigenvalue weighted by Crippen LogP contribution is 2.15. The van der Waals surface area contributed by atoms with Crippen LogP contribution in [0.5, 0.6) is 0 Å². The Morgan fingerprint density at radius 3 is 1.75 bits per heavy atom. The van der Waals surface area contributed by atoms with Crippen LogP contribution in [0.15, 0.2) is 77.8 Å². The van der Waals surface area contributed by atoms with Crippen LogP contribution < -0.4 is 10.6 Å². The fourth-order valence-corrected chi connectivity index (χ4v) is 4.06. The van der Waals surface area contributed by atoms with E-state index in [0.717, 1.165) is 41.6 Å². The number of piperazine rings is 1. The monoisotopic (exact) mass is 613 g/mol. The van der Waals surface area contributed by atoms with Crippen molar-refractivity contribution in [3.05, 3.63) is 95.1 Å². The molecule has 0 unspecified atom stereocenters. The third-order valence-corrected chi connectivity index (χ3v) is 6.54. The van der Waals surface area contributed by atoms with Gasteiger partial charge in [-0.05, 0) is 55.8 Å². The van der Waals surface area contributed by atoms with Crippen LogP contribution in [0.25, 0.3) is 0 Å². The minimum atomic E-state index is -5.08. The first-order valence-electron chi connectivity index (χ1n) is 13.6. The molecular weight excluding hydrogens is 579 g/mol. The number of aliphatic imine (C=N–C) groups is 1. The number of carbonyl (C=O) groups excluding carboxylic acids is 1. The van der Waals surface area contributed by atoms with Crippen molar-refractivity contribution in [2.45, 2.75) is 26.6 Å². The van der Waals surface area contributed by atoms with E-state index in [0.29, 0.717) is 26.2 Å². The molecule has 10 nitrogen and oxygen atoms in total. The summed E-state index contributed by atoms with van der Waals surface area (Å²) < 4.78 is 31.7. The molecule has 1 heterocycles. The molecule has 1 fully saturated rings. The maximum Gasteiger partial charge on any atom is 0.490 e. The van der Waals surface area contributed by atoms with Gasteiger partial charge in [-0.25, -0.2) is 14.6 Å². The third-order valence-electron chi connectivity index (χ3n) is 6.54. The summed E-state index contributed by atoms with van der Waals surface area (Å²) in [7, 11) is 0. The number of benzene rings is 3. The summed E-state index contributed by atoms with van der Waals surface area (Å²) in [5.74, 6) is -3.01. The van der Waals surface area contributed by atoms with E-state index in [1.165, 1.54) is 5.56 Å². The average Bonchev–Trinajstić information content (AvgIpc) is 2.98. The molecule has 0 spiro atoms. The lowest BCUT2D eigenvalue weighted by Crippen LogP contribution is -2.52. The van der Waals surface area contributed by atoms with E-state index in [9.17, 15) is 27.9 Å².